The summed E-state index contributed by atoms with van der Waals surface area (Å²) in [6.45, 7) is 2.13. The minimum atomic E-state index is -0.536. The number of rotatable bonds is 1. The maximum absolute atomic E-state index is 13.9. The molecule has 1 aromatic carbocycles. The molecular weight excluding hydrogens is 299 g/mol. The zero-order chi connectivity index (χ0) is 16.0. The fraction of sp³-hybridized carbons (Fsp3) is 0.312. The number of hydrogen-bond acceptors (Lipinski definition) is 4. The van der Waals surface area contributed by atoms with Crippen LogP contribution in [-0.2, 0) is 9.59 Å². The summed E-state index contributed by atoms with van der Waals surface area (Å²) >= 11 is 0. The number of hydrogen-bond donors (Lipinski definition) is 1. The molecule has 2 aliphatic rings. The molecule has 7 heteroatoms. The molecule has 0 saturated carbocycles. The number of para-hydroxylation sites is 1. The molecule has 0 aliphatic carbocycles. The molecule has 6 nitrogen and oxygen atoms in total. The van der Waals surface area contributed by atoms with Gasteiger partial charge in [-0.2, -0.15) is 0 Å². The van der Waals surface area contributed by atoms with Crippen molar-refractivity contribution in [1.82, 2.24) is 15.2 Å². The number of fused-ring (bicyclic) bond motifs is 2. The fourth-order valence-electron chi connectivity index (χ4n) is 3.33. The Morgan fingerprint density at radius 3 is 2.96 bits per heavy atom. The Morgan fingerprint density at radius 1 is 1.22 bits per heavy atom. The third-order valence-electron chi connectivity index (χ3n) is 4.48. The molecule has 23 heavy (non-hydrogen) atoms. The van der Waals surface area contributed by atoms with E-state index in [1.165, 1.54) is 6.07 Å². The average molecular weight is 314 g/mol. The van der Waals surface area contributed by atoms with E-state index in [4.69, 9.17) is 0 Å². The Bertz CT molecular complexity index is 810. The van der Waals surface area contributed by atoms with E-state index in [0.29, 0.717) is 31.7 Å². The van der Waals surface area contributed by atoms with Gasteiger partial charge in [0.2, 0.25) is 0 Å². The van der Waals surface area contributed by atoms with Crippen LogP contribution in [0.1, 0.15) is 0 Å². The van der Waals surface area contributed by atoms with Gasteiger partial charge in [-0.15, -0.1) is 0 Å². The number of carbonyl (C=O) groups is 2. The molecule has 0 bridgehead atoms. The van der Waals surface area contributed by atoms with E-state index in [9.17, 15) is 14.0 Å². The van der Waals surface area contributed by atoms with Crippen LogP contribution in [0.3, 0.4) is 0 Å². The number of anilines is 1. The number of benzene rings is 1. The van der Waals surface area contributed by atoms with Gasteiger partial charge in [0.1, 0.15) is 11.3 Å². The van der Waals surface area contributed by atoms with Gasteiger partial charge >= 0.3 is 11.8 Å². The molecule has 1 aromatic heterocycles. The average Bonchev–Trinajstić information content (AvgIpc) is 2.58. The number of carbonyl (C=O) groups excluding carboxylic acids is 2. The van der Waals surface area contributed by atoms with Gasteiger partial charge in [0.05, 0.1) is 6.04 Å². The Labute approximate surface area is 131 Å². The van der Waals surface area contributed by atoms with Gasteiger partial charge < -0.3 is 15.1 Å². The third-order valence-corrected chi connectivity index (χ3v) is 4.48. The normalized spacial score (nSPS) is 21.3. The molecule has 2 saturated heterocycles. The van der Waals surface area contributed by atoms with Gasteiger partial charge in [-0.3, -0.25) is 14.6 Å². The van der Waals surface area contributed by atoms with Gasteiger partial charge in [0, 0.05) is 43.4 Å². The van der Waals surface area contributed by atoms with Gasteiger partial charge in [0.25, 0.3) is 0 Å². The monoisotopic (exact) mass is 314 g/mol. The van der Waals surface area contributed by atoms with Crippen LogP contribution in [0.4, 0.5) is 10.1 Å². The van der Waals surface area contributed by atoms with E-state index < -0.39 is 11.8 Å². The Hall–Kier alpha value is -2.70. The number of halogens is 1. The number of pyridine rings is 1. The standard InChI is InChI=1S/C16H15FN4O2/c17-12-3-1-2-11-13(4-5-18-14(11)12)20-6-7-21-10(9-20)8-19-15(22)16(21)23/h1-5,10H,6-9H2,(H,19,22)/t10-/m1/s1. The lowest BCUT2D eigenvalue weighted by molar-refractivity contribution is -0.150. The molecule has 1 N–H and O–H groups in total. The van der Waals surface area contributed by atoms with Crippen LogP contribution in [0.25, 0.3) is 10.9 Å². The summed E-state index contributed by atoms with van der Waals surface area (Å²) < 4.78 is 13.9. The van der Waals surface area contributed by atoms with Crippen LogP contribution in [0.15, 0.2) is 30.5 Å². The first-order chi connectivity index (χ1) is 11.1. The highest BCUT2D eigenvalue weighted by Crippen LogP contribution is 2.28. The van der Waals surface area contributed by atoms with Crippen molar-refractivity contribution in [2.45, 2.75) is 6.04 Å². The molecule has 0 radical (unpaired) electrons. The predicted octanol–water partition coefficient (Wildman–Crippen LogP) is 0.521. The van der Waals surface area contributed by atoms with Crippen molar-refractivity contribution in [2.75, 3.05) is 31.1 Å². The molecule has 3 heterocycles. The summed E-state index contributed by atoms with van der Waals surface area (Å²) in [7, 11) is 0. The van der Waals surface area contributed by atoms with Crippen LogP contribution in [-0.4, -0.2) is 53.9 Å². The molecule has 2 fully saturated rings. The van der Waals surface area contributed by atoms with Crippen molar-refractivity contribution in [3.8, 4) is 0 Å². The molecule has 118 valence electrons. The van der Waals surface area contributed by atoms with Crippen molar-refractivity contribution in [1.29, 1.82) is 0 Å². The van der Waals surface area contributed by atoms with E-state index in [1.54, 1.807) is 17.2 Å². The van der Waals surface area contributed by atoms with Crippen LogP contribution in [0.2, 0.25) is 0 Å². The molecule has 2 aromatic rings. The topological polar surface area (TPSA) is 65.5 Å². The highest BCUT2D eigenvalue weighted by Gasteiger charge is 2.37. The first kappa shape index (κ1) is 13.9. The fourth-order valence-corrected chi connectivity index (χ4v) is 3.33. The molecule has 1 atom stereocenters. The molecule has 0 unspecified atom stereocenters. The lowest BCUT2D eigenvalue weighted by Crippen LogP contribution is -2.65. The minimum absolute atomic E-state index is 0.0641. The lowest BCUT2D eigenvalue weighted by Gasteiger charge is -2.44. The molecule has 2 amide bonds. The number of nitrogens with zero attached hydrogens (tertiary/aromatic N) is 3. The quantitative estimate of drug-likeness (QED) is 0.780. The van der Waals surface area contributed by atoms with Crippen molar-refractivity contribution >= 4 is 28.4 Å². The number of nitrogens with one attached hydrogen (secondary N) is 1. The largest absolute Gasteiger partial charge is 0.367 e. The molecular formula is C16H15FN4O2. The van der Waals surface area contributed by atoms with E-state index >= 15 is 0 Å². The van der Waals surface area contributed by atoms with Crippen LogP contribution >= 0.6 is 0 Å². The summed E-state index contributed by atoms with van der Waals surface area (Å²) in [5.74, 6) is -1.35. The zero-order valence-corrected chi connectivity index (χ0v) is 12.3. The van der Waals surface area contributed by atoms with E-state index in [1.807, 2.05) is 12.1 Å². The van der Waals surface area contributed by atoms with Gasteiger partial charge in [0.15, 0.2) is 0 Å². The maximum Gasteiger partial charge on any atom is 0.312 e. The predicted molar refractivity (Wildman–Crippen MR) is 82.4 cm³/mol. The van der Waals surface area contributed by atoms with Crippen molar-refractivity contribution in [2.24, 2.45) is 0 Å². The highest BCUT2D eigenvalue weighted by molar-refractivity contribution is 6.35. The highest BCUT2D eigenvalue weighted by atomic mass is 19.1. The first-order valence-corrected chi connectivity index (χ1v) is 7.52. The molecule has 4 rings (SSSR count). The molecule has 0 spiro atoms. The Morgan fingerprint density at radius 2 is 2.09 bits per heavy atom. The minimum Gasteiger partial charge on any atom is -0.367 e. The Kier molecular flexibility index (Phi) is 3.14. The number of piperazine rings is 2. The number of amides is 2. The smallest absolute Gasteiger partial charge is 0.312 e. The lowest BCUT2D eigenvalue weighted by atomic mass is 10.1. The van der Waals surface area contributed by atoms with E-state index in [0.717, 1.165) is 11.1 Å². The van der Waals surface area contributed by atoms with E-state index in [-0.39, 0.29) is 11.9 Å². The number of aromatic nitrogens is 1. The summed E-state index contributed by atoms with van der Waals surface area (Å²) in [5, 5.41) is 3.38. The van der Waals surface area contributed by atoms with Gasteiger partial charge in [-0.1, -0.05) is 12.1 Å². The summed E-state index contributed by atoms with van der Waals surface area (Å²) in [6, 6.07) is 6.71. The van der Waals surface area contributed by atoms with E-state index in [2.05, 4.69) is 15.2 Å². The first-order valence-electron chi connectivity index (χ1n) is 7.52. The summed E-state index contributed by atoms with van der Waals surface area (Å²) in [5.41, 5.74) is 1.25. The maximum atomic E-state index is 13.9. The zero-order valence-electron chi connectivity index (χ0n) is 12.3. The third kappa shape index (κ3) is 2.19. The molecule has 2 aliphatic heterocycles. The van der Waals surface area contributed by atoms with Crippen molar-refractivity contribution in [3.63, 3.8) is 0 Å². The van der Waals surface area contributed by atoms with Gasteiger partial charge in [-0.25, -0.2) is 4.39 Å². The second-order valence-electron chi connectivity index (χ2n) is 5.77. The van der Waals surface area contributed by atoms with Crippen molar-refractivity contribution < 1.29 is 14.0 Å². The van der Waals surface area contributed by atoms with Gasteiger partial charge in [-0.05, 0) is 12.1 Å². The van der Waals surface area contributed by atoms with Crippen LogP contribution < -0.4 is 10.2 Å². The SMILES string of the molecule is O=C1NC[C@@H]2CN(c3ccnc4c(F)cccc34)CCN2C1=O. The second-order valence-corrected chi connectivity index (χ2v) is 5.77. The summed E-state index contributed by atoms with van der Waals surface area (Å²) in [4.78, 5) is 31.2. The van der Waals surface area contributed by atoms with Crippen molar-refractivity contribution in [3.05, 3.63) is 36.3 Å². The second kappa shape index (κ2) is 5.19. The van der Waals surface area contributed by atoms with Crippen LogP contribution in [0.5, 0.6) is 0 Å². The van der Waals surface area contributed by atoms with Crippen LogP contribution in [0, 0.1) is 5.82 Å². The summed E-state index contributed by atoms with van der Waals surface area (Å²) in [6.07, 6.45) is 1.60. The Balaban J connectivity index is 1.67.